The highest BCUT2D eigenvalue weighted by Gasteiger charge is 2.22. The molecule has 5 heteroatoms. The number of piperidine rings is 1. The molecule has 0 aliphatic carbocycles. The van der Waals surface area contributed by atoms with Crippen molar-refractivity contribution in [2.75, 3.05) is 19.9 Å². The molecular formula is C9H15NO4. The highest BCUT2D eigenvalue weighted by Crippen LogP contribution is 2.13. The molecule has 0 radical (unpaired) electrons. The van der Waals surface area contributed by atoms with Gasteiger partial charge in [0.15, 0.2) is 0 Å². The summed E-state index contributed by atoms with van der Waals surface area (Å²) in [5, 5.41) is 3.15. The van der Waals surface area contributed by atoms with Gasteiger partial charge in [-0.15, -0.1) is 0 Å². The van der Waals surface area contributed by atoms with Crippen LogP contribution in [-0.4, -0.2) is 31.8 Å². The minimum Gasteiger partial charge on any atom is -0.428 e. The Kier molecular flexibility index (Phi) is 4.39. The molecule has 1 aliphatic rings. The summed E-state index contributed by atoms with van der Waals surface area (Å²) in [6.07, 6.45) is 1.58. The Morgan fingerprint density at radius 3 is 2.50 bits per heavy atom. The Labute approximate surface area is 82.8 Å². The summed E-state index contributed by atoms with van der Waals surface area (Å²) in [5.74, 6) is -0.761. The second-order valence-corrected chi connectivity index (χ2v) is 3.24. The molecule has 1 aliphatic heterocycles. The number of carbonyl (C=O) groups is 2. The van der Waals surface area contributed by atoms with Crippen LogP contribution in [0.25, 0.3) is 0 Å². The van der Waals surface area contributed by atoms with Crippen molar-refractivity contribution in [3.8, 4) is 0 Å². The van der Waals surface area contributed by atoms with Gasteiger partial charge in [-0.25, -0.2) is 0 Å². The molecule has 0 bridgehead atoms. The van der Waals surface area contributed by atoms with Crippen LogP contribution >= 0.6 is 0 Å². The number of esters is 2. The van der Waals surface area contributed by atoms with Gasteiger partial charge in [0.2, 0.25) is 6.79 Å². The molecule has 0 aromatic carbocycles. The van der Waals surface area contributed by atoms with Crippen molar-refractivity contribution < 1.29 is 19.1 Å². The van der Waals surface area contributed by atoms with Gasteiger partial charge >= 0.3 is 11.9 Å². The predicted octanol–water partition coefficient (Wildman–Crippen LogP) is 0.0498. The van der Waals surface area contributed by atoms with E-state index in [1.807, 2.05) is 0 Å². The second-order valence-electron chi connectivity index (χ2n) is 3.24. The average molecular weight is 201 g/mol. The first-order valence-corrected chi connectivity index (χ1v) is 4.71. The van der Waals surface area contributed by atoms with E-state index in [1.54, 1.807) is 0 Å². The number of hydrogen-bond donors (Lipinski definition) is 1. The zero-order valence-electron chi connectivity index (χ0n) is 8.25. The van der Waals surface area contributed by atoms with E-state index in [4.69, 9.17) is 4.74 Å². The molecule has 0 aromatic rings. The Hall–Kier alpha value is -1.10. The van der Waals surface area contributed by atoms with Gasteiger partial charge < -0.3 is 14.8 Å². The lowest BCUT2D eigenvalue weighted by Gasteiger charge is -2.20. The molecular weight excluding hydrogens is 186 g/mol. The van der Waals surface area contributed by atoms with Crippen molar-refractivity contribution in [3.63, 3.8) is 0 Å². The molecule has 1 heterocycles. The number of carbonyl (C=O) groups excluding carboxylic acids is 2. The molecule has 0 aromatic heterocycles. The molecule has 14 heavy (non-hydrogen) atoms. The van der Waals surface area contributed by atoms with E-state index in [1.165, 1.54) is 6.92 Å². The quantitative estimate of drug-likeness (QED) is 0.516. The fraction of sp³-hybridized carbons (Fsp3) is 0.778. The highest BCUT2D eigenvalue weighted by molar-refractivity contribution is 5.72. The molecule has 1 rings (SSSR count). The maximum atomic E-state index is 11.3. The topological polar surface area (TPSA) is 64.6 Å². The van der Waals surface area contributed by atoms with Crippen LogP contribution in [0.15, 0.2) is 0 Å². The molecule has 1 saturated heterocycles. The van der Waals surface area contributed by atoms with Gasteiger partial charge in [-0.2, -0.15) is 0 Å². The first-order valence-electron chi connectivity index (χ1n) is 4.71. The molecule has 80 valence electrons. The molecule has 0 unspecified atom stereocenters. The van der Waals surface area contributed by atoms with Crippen LogP contribution in [0, 0.1) is 5.92 Å². The van der Waals surface area contributed by atoms with Crippen LogP contribution in [0.4, 0.5) is 0 Å². The smallest absolute Gasteiger partial charge is 0.311 e. The SMILES string of the molecule is CC(=O)OCOC(=O)C1CCNCC1. The third kappa shape index (κ3) is 3.74. The summed E-state index contributed by atoms with van der Waals surface area (Å²) in [5.41, 5.74) is 0. The molecule has 1 fully saturated rings. The number of ether oxygens (including phenoxy) is 2. The monoisotopic (exact) mass is 201 g/mol. The molecule has 0 spiro atoms. The Balaban J connectivity index is 2.16. The first-order chi connectivity index (χ1) is 6.70. The molecule has 0 saturated carbocycles. The normalized spacial score (nSPS) is 17.5. The zero-order valence-corrected chi connectivity index (χ0v) is 8.25. The zero-order chi connectivity index (χ0) is 10.4. The summed E-state index contributed by atoms with van der Waals surface area (Å²) >= 11 is 0. The lowest BCUT2D eigenvalue weighted by molar-refractivity contribution is -0.169. The van der Waals surface area contributed by atoms with Gasteiger partial charge in [0.1, 0.15) is 0 Å². The lowest BCUT2D eigenvalue weighted by atomic mass is 9.99. The lowest BCUT2D eigenvalue weighted by Crippen LogP contribution is -2.33. The van der Waals surface area contributed by atoms with Crippen molar-refractivity contribution in [1.29, 1.82) is 0 Å². The van der Waals surface area contributed by atoms with Crippen molar-refractivity contribution >= 4 is 11.9 Å². The van der Waals surface area contributed by atoms with E-state index in [9.17, 15) is 9.59 Å². The van der Waals surface area contributed by atoms with Gasteiger partial charge in [0.05, 0.1) is 5.92 Å². The maximum absolute atomic E-state index is 11.3. The number of rotatable bonds is 3. The van der Waals surface area contributed by atoms with E-state index in [0.717, 1.165) is 25.9 Å². The predicted molar refractivity (Wildman–Crippen MR) is 48.3 cm³/mol. The van der Waals surface area contributed by atoms with Crippen LogP contribution in [0.5, 0.6) is 0 Å². The van der Waals surface area contributed by atoms with Crippen LogP contribution < -0.4 is 5.32 Å². The van der Waals surface area contributed by atoms with Crippen LogP contribution in [-0.2, 0) is 19.1 Å². The molecule has 5 nitrogen and oxygen atoms in total. The van der Waals surface area contributed by atoms with Crippen LogP contribution in [0.2, 0.25) is 0 Å². The summed E-state index contributed by atoms with van der Waals surface area (Å²) in [4.78, 5) is 21.7. The van der Waals surface area contributed by atoms with Gasteiger partial charge in [0, 0.05) is 6.92 Å². The van der Waals surface area contributed by atoms with Crippen molar-refractivity contribution in [3.05, 3.63) is 0 Å². The summed E-state index contributed by atoms with van der Waals surface area (Å²) in [6.45, 7) is 2.69. The molecule has 0 amide bonds. The minimum absolute atomic E-state index is 0.0493. The van der Waals surface area contributed by atoms with Crippen molar-refractivity contribution in [2.24, 2.45) is 5.92 Å². The van der Waals surface area contributed by atoms with Gasteiger partial charge in [-0.1, -0.05) is 0 Å². The Morgan fingerprint density at radius 2 is 1.93 bits per heavy atom. The number of nitrogens with one attached hydrogen (secondary N) is 1. The van der Waals surface area contributed by atoms with Crippen LogP contribution in [0.3, 0.4) is 0 Å². The van der Waals surface area contributed by atoms with E-state index in [2.05, 4.69) is 10.1 Å². The standard InChI is InChI=1S/C9H15NO4/c1-7(11)13-6-14-9(12)8-2-4-10-5-3-8/h8,10H,2-6H2,1H3. The third-order valence-electron chi connectivity index (χ3n) is 2.14. The summed E-state index contributed by atoms with van der Waals surface area (Å²) in [6, 6.07) is 0. The van der Waals surface area contributed by atoms with E-state index in [0.29, 0.717) is 0 Å². The van der Waals surface area contributed by atoms with Crippen molar-refractivity contribution in [2.45, 2.75) is 19.8 Å². The summed E-state index contributed by atoms with van der Waals surface area (Å²) in [7, 11) is 0. The largest absolute Gasteiger partial charge is 0.428 e. The first kappa shape index (κ1) is 11.0. The average Bonchev–Trinajstić information content (AvgIpc) is 2.18. The van der Waals surface area contributed by atoms with E-state index >= 15 is 0 Å². The Bertz CT molecular complexity index is 211. The highest BCUT2D eigenvalue weighted by atomic mass is 16.7. The van der Waals surface area contributed by atoms with Gasteiger partial charge in [-0.05, 0) is 25.9 Å². The van der Waals surface area contributed by atoms with Gasteiger partial charge in [-0.3, -0.25) is 9.59 Å². The minimum atomic E-state index is -0.442. The van der Waals surface area contributed by atoms with E-state index < -0.39 is 5.97 Å². The summed E-state index contributed by atoms with van der Waals surface area (Å²) < 4.78 is 9.29. The second kappa shape index (κ2) is 5.59. The molecule has 1 N–H and O–H groups in total. The van der Waals surface area contributed by atoms with E-state index in [-0.39, 0.29) is 18.7 Å². The fourth-order valence-electron chi connectivity index (χ4n) is 1.35. The Morgan fingerprint density at radius 1 is 1.29 bits per heavy atom. The van der Waals surface area contributed by atoms with Crippen molar-refractivity contribution in [1.82, 2.24) is 5.32 Å². The van der Waals surface area contributed by atoms with Crippen LogP contribution in [0.1, 0.15) is 19.8 Å². The third-order valence-corrected chi connectivity index (χ3v) is 2.14. The molecule has 0 atom stereocenters. The number of hydrogen-bond acceptors (Lipinski definition) is 5. The fourth-order valence-corrected chi connectivity index (χ4v) is 1.35. The maximum Gasteiger partial charge on any atom is 0.311 e. The van der Waals surface area contributed by atoms with Gasteiger partial charge in [0.25, 0.3) is 0 Å².